The summed E-state index contributed by atoms with van der Waals surface area (Å²) in [5.41, 5.74) is 2.60. The van der Waals surface area contributed by atoms with E-state index in [4.69, 9.17) is 14.6 Å². The van der Waals surface area contributed by atoms with Crippen LogP contribution >= 0.6 is 0 Å². The maximum Gasteiger partial charge on any atom is 0.227 e. The summed E-state index contributed by atoms with van der Waals surface area (Å²) in [6, 6.07) is 15.7. The number of ether oxygens (including phenoxy) is 2. The van der Waals surface area contributed by atoms with Gasteiger partial charge < -0.3 is 14.6 Å². The molecule has 0 fully saturated rings. The molecular formula is C27H34FN3O3. The number of benzene rings is 2. The Kier molecular flexibility index (Phi) is 9.39. The lowest BCUT2D eigenvalue weighted by molar-refractivity contribution is 0.0222. The first-order valence-electron chi connectivity index (χ1n) is 11.5. The lowest BCUT2D eigenvalue weighted by Gasteiger charge is -2.27. The van der Waals surface area contributed by atoms with E-state index in [0.717, 1.165) is 23.5 Å². The number of halogens is 1. The first kappa shape index (κ1) is 25.6. The molecule has 1 atom stereocenters. The predicted octanol–water partition coefficient (Wildman–Crippen LogP) is 5.13. The number of aliphatic hydroxyl groups excluding tert-OH is 1. The zero-order valence-corrected chi connectivity index (χ0v) is 20.2. The van der Waals surface area contributed by atoms with Crippen molar-refractivity contribution in [1.29, 1.82) is 0 Å². The standard InChI is InChI=1S/C27H34FN3O3/c1-5-15-33-19-24(32)17-30(16-20(2)3)18-26-21(4)29-31(23-9-7-6-8-10-23)27(26)34-25-13-11-22(28)12-14-25/h5-14,20,24,32H,1,15-19H2,2-4H3. The number of nitrogens with zero attached hydrogens (tertiary/aromatic N) is 3. The van der Waals surface area contributed by atoms with Gasteiger partial charge in [-0.15, -0.1) is 6.58 Å². The van der Waals surface area contributed by atoms with Gasteiger partial charge in [0, 0.05) is 19.6 Å². The highest BCUT2D eigenvalue weighted by Gasteiger charge is 2.23. The second kappa shape index (κ2) is 12.5. The highest BCUT2D eigenvalue weighted by atomic mass is 19.1. The van der Waals surface area contributed by atoms with Crippen LogP contribution in [0.1, 0.15) is 25.1 Å². The molecule has 1 N–H and O–H groups in total. The van der Waals surface area contributed by atoms with Gasteiger partial charge in [-0.1, -0.05) is 38.1 Å². The normalized spacial score (nSPS) is 12.3. The Morgan fingerprint density at radius 1 is 1.12 bits per heavy atom. The Morgan fingerprint density at radius 3 is 2.47 bits per heavy atom. The van der Waals surface area contributed by atoms with E-state index in [0.29, 0.717) is 37.2 Å². The molecule has 7 heteroatoms. The summed E-state index contributed by atoms with van der Waals surface area (Å²) in [4.78, 5) is 2.18. The van der Waals surface area contributed by atoms with Crippen LogP contribution in [-0.2, 0) is 11.3 Å². The molecule has 0 aliphatic carbocycles. The Balaban J connectivity index is 1.93. The molecule has 0 bridgehead atoms. The quantitative estimate of drug-likeness (QED) is 0.279. The molecule has 0 aliphatic rings. The second-order valence-corrected chi connectivity index (χ2v) is 8.74. The smallest absolute Gasteiger partial charge is 0.227 e. The van der Waals surface area contributed by atoms with Gasteiger partial charge >= 0.3 is 0 Å². The van der Waals surface area contributed by atoms with Gasteiger partial charge in [-0.3, -0.25) is 4.90 Å². The first-order chi connectivity index (χ1) is 16.4. The van der Waals surface area contributed by atoms with Crippen LogP contribution < -0.4 is 4.74 Å². The van der Waals surface area contributed by atoms with E-state index in [1.54, 1.807) is 22.9 Å². The number of aryl methyl sites for hydroxylation is 1. The summed E-state index contributed by atoms with van der Waals surface area (Å²) >= 11 is 0. The molecule has 6 nitrogen and oxygen atoms in total. The SMILES string of the molecule is C=CCOCC(O)CN(Cc1c(C)nn(-c2ccccc2)c1Oc1ccc(F)cc1)CC(C)C. The molecule has 0 amide bonds. The fourth-order valence-corrected chi connectivity index (χ4v) is 3.77. The molecule has 2 aromatic carbocycles. The van der Waals surface area contributed by atoms with Crippen LogP contribution in [0.15, 0.2) is 67.3 Å². The zero-order chi connectivity index (χ0) is 24.5. The number of aromatic nitrogens is 2. The van der Waals surface area contributed by atoms with Gasteiger partial charge in [0.25, 0.3) is 0 Å². The Hall–Kier alpha value is -3.00. The Labute approximate surface area is 201 Å². The third-order valence-electron chi connectivity index (χ3n) is 5.19. The monoisotopic (exact) mass is 467 g/mol. The van der Waals surface area contributed by atoms with Crippen LogP contribution in [0.25, 0.3) is 5.69 Å². The first-order valence-corrected chi connectivity index (χ1v) is 11.5. The van der Waals surface area contributed by atoms with Crippen LogP contribution in [0.2, 0.25) is 0 Å². The van der Waals surface area contributed by atoms with Gasteiger partial charge in [0.15, 0.2) is 0 Å². The molecule has 0 spiro atoms. The van der Waals surface area contributed by atoms with E-state index in [1.165, 1.54) is 12.1 Å². The highest BCUT2D eigenvalue weighted by Crippen LogP contribution is 2.32. The molecule has 3 rings (SSSR count). The predicted molar refractivity (Wildman–Crippen MR) is 132 cm³/mol. The number of para-hydroxylation sites is 1. The van der Waals surface area contributed by atoms with Crippen molar-refractivity contribution in [3.63, 3.8) is 0 Å². The summed E-state index contributed by atoms with van der Waals surface area (Å²) in [6.07, 6.45) is 1.03. The van der Waals surface area contributed by atoms with Crippen molar-refractivity contribution in [3.8, 4) is 17.3 Å². The lowest BCUT2D eigenvalue weighted by Crippen LogP contribution is -2.37. The van der Waals surface area contributed by atoms with Crippen LogP contribution in [-0.4, -0.2) is 52.2 Å². The van der Waals surface area contributed by atoms with Crippen molar-refractivity contribution in [1.82, 2.24) is 14.7 Å². The van der Waals surface area contributed by atoms with Gasteiger partial charge in [-0.05, 0) is 49.2 Å². The van der Waals surface area contributed by atoms with Crippen molar-refractivity contribution in [2.45, 2.75) is 33.4 Å². The third-order valence-corrected chi connectivity index (χ3v) is 5.19. The minimum absolute atomic E-state index is 0.238. The van der Waals surface area contributed by atoms with Crippen LogP contribution in [0.3, 0.4) is 0 Å². The molecule has 0 radical (unpaired) electrons. The van der Waals surface area contributed by atoms with Crippen molar-refractivity contribution in [2.75, 3.05) is 26.3 Å². The molecule has 1 unspecified atom stereocenters. The fraction of sp³-hybridized carbons (Fsp3) is 0.370. The van der Waals surface area contributed by atoms with E-state index in [2.05, 4.69) is 25.3 Å². The number of rotatable bonds is 13. The second-order valence-electron chi connectivity index (χ2n) is 8.74. The van der Waals surface area contributed by atoms with Crippen molar-refractivity contribution in [3.05, 3.63) is 84.3 Å². The van der Waals surface area contributed by atoms with E-state index in [9.17, 15) is 9.50 Å². The van der Waals surface area contributed by atoms with Gasteiger partial charge in [0.05, 0.1) is 36.3 Å². The summed E-state index contributed by atoms with van der Waals surface area (Å²) < 4.78 is 26.9. The number of hydrogen-bond donors (Lipinski definition) is 1. The van der Waals surface area contributed by atoms with Crippen LogP contribution in [0, 0.1) is 18.7 Å². The van der Waals surface area contributed by atoms with Crippen molar-refractivity contribution in [2.24, 2.45) is 5.92 Å². The molecule has 182 valence electrons. The van der Waals surface area contributed by atoms with Crippen LogP contribution in [0.4, 0.5) is 4.39 Å². The van der Waals surface area contributed by atoms with Gasteiger partial charge in [-0.2, -0.15) is 5.10 Å². The lowest BCUT2D eigenvalue weighted by atomic mass is 10.1. The molecule has 0 aliphatic heterocycles. The minimum Gasteiger partial charge on any atom is -0.439 e. The van der Waals surface area contributed by atoms with Crippen molar-refractivity contribution >= 4 is 0 Å². The largest absolute Gasteiger partial charge is 0.439 e. The fourth-order valence-electron chi connectivity index (χ4n) is 3.77. The number of hydrogen-bond acceptors (Lipinski definition) is 5. The summed E-state index contributed by atoms with van der Waals surface area (Å²) in [6.45, 7) is 12.3. The third kappa shape index (κ3) is 7.25. The zero-order valence-electron chi connectivity index (χ0n) is 20.2. The van der Waals surface area contributed by atoms with Gasteiger partial charge in [-0.25, -0.2) is 9.07 Å². The summed E-state index contributed by atoms with van der Waals surface area (Å²) in [7, 11) is 0. The molecule has 1 heterocycles. The van der Waals surface area contributed by atoms with Gasteiger partial charge in [0.2, 0.25) is 5.88 Å². The maximum atomic E-state index is 13.5. The maximum absolute atomic E-state index is 13.5. The number of aliphatic hydroxyl groups is 1. The Bertz CT molecular complexity index is 1040. The average molecular weight is 468 g/mol. The van der Waals surface area contributed by atoms with Crippen molar-refractivity contribution < 1.29 is 19.0 Å². The van der Waals surface area contributed by atoms with E-state index >= 15 is 0 Å². The minimum atomic E-state index is -0.635. The van der Waals surface area contributed by atoms with E-state index in [1.807, 2.05) is 37.3 Å². The molecule has 0 saturated carbocycles. The molecular weight excluding hydrogens is 433 g/mol. The average Bonchev–Trinajstić information content (AvgIpc) is 3.10. The topological polar surface area (TPSA) is 59.8 Å². The molecule has 1 aromatic heterocycles. The molecule has 3 aromatic rings. The van der Waals surface area contributed by atoms with E-state index in [-0.39, 0.29) is 12.4 Å². The highest BCUT2D eigenvalue weighted by molar-refractivity contribution is 5.43. The summed E-state index contributed by atoms with van der Waals surface area (Å²) in [5, 5.41) is 15.3. The van der Waals surface area contributed by atoms with E-state index < -0.39 is 6.10 Å². The summed E-state index contributed by atoms with van der Waals surface area (Å²) in [5.74, 6) is 1.16. The Morgan fingerprint density at radius 2 is 1.82 bits per heavy atom. The molecule has 0 saturated heterocycles. The van der Waals surface area contributed by atoms with Gasteiger partial charge in [0.1, 0.15) is 11.6 Å². The van der Waals surface area contributed by atoms with Crippen LogP contribution in [0.5, 0.6) is 11.6 Å². The molecule has 34 heavy (non-hydrogen) atoms.